The van der Waals surface area contributed by atoms with E-state index in [1.807, 2.05) is 18.9 Å². The van der Waals surface area contributed by atoms with Gasteiger partial charge in [-0.15, -0.1) is 11.3 Å². The number of carboxylic acid groups (broad SMARTS) is 1. The Morgan fingerprint density at radius 3 is 2.70 bits per heavy atom. The molecule has 0 bridgehead atoms. The van der Waals surface area contributed by atoms with Gasteiger partial charge in [0, 0.05) is 44.0 Å². The van der Waals surface area contributed by atoms with Crippen molar-refractivity contribution in [2.24, 2.45) is 0 Å². The largest absolute Gasteiger partial charge is 0.477 e. The molecule has 2 N–H and O–H groups in total. The maximum absolute atomic E-state index is 11.0. The van der Waals surface area contributed by atoms with Crippen LogP contribution in [0.2, 0.25) is 0 Å². The fraction of sp³-hybridized carbons (Fsp3) is 0.643. The minimum atomic E-state index is -0.880. The van der Waals surface area contributed by atoms with Gasteiger partial charge in [-0.1, -0.05) is 0 Å². The van der Waals surface area contributed by atoms with E-state index < -0.39 is 11.6 Å². The predicted molar refractivity (Wildman–Crippen MR) is 77.4 cm³/mol. The maximum atomic E-state index is 11.0. The first-order valence-electron chi connectivity index (χ1n) is 6.71. The fourth-order valence-electron chi connectivity index (χ4n) is 2.54. The smallest absolute Gasteiger partial charge is 0.345 e. The van der Waals surface area contributed by atoms with E-state index in [0.29, 0.717) is 44.0 Å². The summed E-state index contributed by atoms with van der Waals surface area (Å²) in [6.45, 7) is 4.37. The van der Waals surface area contributed by atoms with Crippen molar-refractivity contribution in [3.05, 3.63) is 21.4 Å². The molecule has 5 nitrogen and oxygen atoms in total. The molecule has 1 fully saturated rings. The van der Waals surface area contributed by atoms with Crippen molar-refractivity contribution in [2.45, 2.75) is 31.9 Å². The summed E-state index contributed by atoms with van der Waals surface area (Å²) in [5, 5.41) is 19.5. The highest BCUT2D eigenvalue weighted by molar-refractivity contribution is 7.14. The van der Waals surface area contributed by atoms with Crippen molar-refractivity contribution in [1.29, 1.82) is 0 Å². The Morgan fingerprint density at radius 1 is 1.50 bits per heavy atom. The molecule has 0 spiro atoms. The van der Waals surface area contributed by atoms with E-state index in [1.165, 1.54) is 11.3 Å². The van der Waals surface area contributed by atoms with Gasteiger partial charge in [0.25, 0.3) is 0 Å². The third kappa shape index (κ3) is 3.79. The minimum absolute atomic E-state index is 0.371. The molecule has 2 rings (SSSR count). The summed E-state index contributed by atoms with van der Waals surface area (Å²) < 4.78 is 5.27. The molecule has 1 saturated heterocycles. The van der Waals surface area contributed by atoms with Crippen LogP contribution in [0.15, 0.2) is 6.07 Å². The van der Waals surface area contributed by atoms with E-state index in [4.69, 9.17) is 9.84 Å². The number of ether oxygens (including phenoxy) is 1. The van der Waals surface area contributed by atoms with Crippen LogP contribution in [0.1, 0.15) is 33.0 Å². The number of carbonyl (C=O) groups is 1. The van der Waals surface area contributed by atoms with Crippen molar-refractivity contribution >= 4 is 17.3 Å². The van der Waals surface area contributed by atoms with E-state index in [-0.39, 0.29) is 0 Å². The van der Waals surface area contributed by atoms with Crippen molar-refractivity contribution in [3.8, 4) is 0 Å². The zero-order valence-electron chi connectivity index (χ0n) is 11.9. The molecule has 112 valence electrons. The van der Waals surface area contributed by atoms with Gasteiger partial charge in [-0.25, -0.2) is 4.79 Å². The first-order chi connectivity index (χ1) is 9.39. The van der Waals surface area contributed by atoms with Gasteiger partial charge in [-0.2, -0.15) is 0 Å². The van der Waals surface area contributed by atoms with Crippen LogP contribution in [0.5, 0.6) is 0 Å². The number of likely N-dealkylation sites (N-methyl/N-ethyl adjacent to an activating group) is 1. The molecule has 0 radical (unpaired) electrons. The molecule has 0 aliphatic carbocycles. The number of thiophene rings is 1. The summed E-state index contributed by atoms with van der Waals surface area (Å²) in [5.74, 6) is -0.880. The average molecular weight is 299 g/mol. The van der Waals surface area contributed by atoms with Crippen molar-refractivity contribution in [2.75, 3.05) is 26.8 Å². The van der Waals surface area contributed by atoms with Gasteiger partial charge in [0.15, 0.2) is 0 Å². The van der Waals surface area contributed by atoms with Crippen LogP contribution in [0.4, 0.5) is 0 Å². The van der Waals surface area contributed by atoms with Crippen LogP contribution < -0.4 is 0 Å². The molecule has 1 aliphatic heterocycles. The van der Waals surface area contributed by atoms with Crippen LogP contribution in [0.3, 0.4) is 0 Å². The van der Waals surface area contributed by atoms with Crippen LogP contribution in [-0.2, 0) is 11.3 Å². The summed E-state index contributed by atoms with van der Waals surface area (Å²) in [5.41, 5.74) is 0.331. The van der Waals surface area contributed by atoms with E-state index in [9.17, 15) is 9.90 Å². The minimum Gasteiger partial charge on any atom is -0.477 e. The molecule has 0 unspecified atom stereocenters. The van der Waals surface area contributed by atoms with Crippen molar-refractivity contribution < 1.29 is 19.7 Å². The number of hydrogen-bond donors (Lipinski definition) is 2. The molecule has 1 aromatic heterocycles. The lowest BCUT2D eigenvalue weighted by Crippen LogP contribution is -2.45. The Labute approximate surface area is 122 Å². The maximum Gasteiger partial charge on any atom is 0.345 e. The van der Waals surface area contributed by atoms with Crippen LogP contribution in [0.25, 0.3) is 0 Å². The lowest BCUT2D eigenvalue weighted by atomic mass is 9.94. The summed E-state index contributed by atoms with van der Waals surface area (Å²) in [6.07, 6.45) is 1.31. The van der Waals surface area contributed by atoms with Gasteiger partial charge in [0.1, 0.15) is 4.88 Å². The van der Waals surface area contributed by atoms with E-state index in [2.05, 4.69) is 0 Å². The summed E-state index contributed by atoms with van der Waals surface area (Å²) in [7, 11) is 1.95. The third-order valence-corrected chi connectivity index (χ3v) is 4.74. The van der Waals surface area contributed by atoms with E-state index >= 15 is 0 Å². The highest BCUT2D eigenvalue weighted by atomic mass is 32.1. The molecule has 2 heterocycles. The molecule has 0 saturated carbocycles. The number of carboxylic acids is 1. The quantitative estimate of drug-likeness (QED) is 0.866. The van der Waals surface area contributed by atoms with Crippen LogP contribution >= 0.6 is 11.3 Å². The van der Waals surface area contributed by atoms with E-state index in [1.54, 1.807) is 6.07 Å². The van der Waals surface area contributed by atoms with Gasteiger partial charge in [-0.3, -0.25) is 4.90 Å². The molecular formula is C14H21NO4S. The Kier molecular flexibility index (Phi) is 4.80. The molecule has 0 aromatic carbocycles. The number of aliphatic hydroxyl groups is 1. The molecular weight excluding hydrogens is 278 g/mol. The van der Waals surface area contributed by atoms with Crippen molar-refractivity contribution in [1.82, 2.24) is 4.90 Å². The highest BCUT2D eigenvalue weighted by Crippen LogP contribution is 2.25. The number of hydrogen-bond acceptors (Lipinski definition) is 5. The molecule has 6 heteroatoms. The number of nitrogens with zero attached hydrogens (tertiary/aromatic N) is 1. The van der Waals surface area contributed by atoms with Gasteiger partial charge < -0.3 is 14.9 Å². The number of rotatable bonds is 5. The molecule has 0 amide bonds. The Morgan fingerprint density at radius 2 is 2.15 bits per heavy atom. The topological polar surface area (TPSA) is 70.0 Å². The summed E-state index contributed by atoms with van der Waals surface area (Å²) in [4.78, 5) is 14.4. The lowest BCUT2D eigenvalue weighted by Gasteiger charge is -2.35. The second-order valence-electron chi connectivity index (χ2n) is 5.51. The van der Waals surface area contributed by atoms with Gasteiger partial charge >= 0.3 is 5.97 Å². The Bertz CT molecular complexity index is 480. The predicted octanol–water partition coefficient (Wildman–Crippen LogP) is 1.73. The second kappa shape index (κ2) is 6.22. The summed E-state index contributed by atoms with van der Waals surface area (Å²) >= 11 is 1.30. The third-order valence-electron chi connectivity index (χ3n) is 3.66. The van der Waals surface area contributed by atoms with E-state index in [0.717, 1.165) is 10.4 Å². The highest BCUT2D eigenvalue weighted by Gasteiger charge is 2.31. The first-order valence-corrected chi connectivity index (χ1v) is 7.52. The number of aryl methyl sites for hydroxylation is 1. The zero-order valence-corrected chi connectivity index (χ0v) is 12.7. The Balaban J connectivity index is 1.97. The SMILES string of the molecule is Cc1sc(C(=O)O)cc1CN(C)CC1(O)CCOCC1. The normalized spacial score (nSPS) is 18.4. The first kappa shape index (κ1) is 15.4. The second-order valence-corrected chi connectivity index (χ2v) is 6.76. The monoisotopic (exact) mass is 299 g/mol. The molecule has 0 atom stereocenters. The van der Waals surface area contributed by atoms with Gasteiger partial charge in [0.2, 0.25) is 0 Å². The van der Waals surface area contributed by atoms with Crippen molar-refractivity contribution in [3.63, 3.8) is 0 Å². The zero-order chi connectivity index (χ0) is 14.8. The summed E-state index contributed by atoms with van der Waals surface area (Å²) in [6, 6.07) is 1.73. The Hall–Kier alpha value is -0.950. The standard InChI is InChI=1S/C14H21NO4S/c1-10-11(7-12(20-10)13(16)17)8-15(2)9-14(18)3-5-19-6-4-14/h7,18H,3-6,8-9H2,1-2H3,(H,16,17). The molecule has 1 aromatic rings. The van der Waals surface area contributed by atoms with Crippen LogP contribution in [0, 0.1) is 6.92 Å². The van der Waals surface area contributed by atoms with Gasteiger partial charge in [-0.05, 0) is 25.6 Å². The number of aromatic carboxylic acids is 1. The average Bonchev–Trinajstić information content (AvgIpc) is 2.71. The fourth-order valence-corrected chi connectivity index (χ4v) is 3.41. The van der Waals surface area contributed by atoms with Crippen LogP contribution in [-0.4, -0.2) is 53.5 Å². The van der Waals surface area contributed by atoms with Gasteiger partial charge in [0.05, 0.1) is 5.60 Å². The lowest BCUT2D eigenvalue weighted by molar-refractivity contribution is -0.0777. The molecule has 1 aliphatic rings. The molecule has 20 heavy (non-hydrogen) atoms.